The summed E-state index contributed by atoms with van der Waals surface area (Å²) in [6.45, 7) is 4.16. The highest BCUT2D eigenvalue weighted by atomic mass is 32.2. The van der Waals surface area contributed by atoms with Crippen LogP contribution in [0, 0.1) is 13.8 Å². The Morgan fingerprint density at radius 2 is 1.89 bits per heavy atom. The molecule has 0 saturated heterocycles. The lowest BCUT2D eigenvalue weighted by atomic mass is 10.1. The van der Waals surface area contributed by atoms with Gasteiger partial charge in [-0.25, -0.2) is 9.78 Å². The van der Waals surface area contributed by atoms with Gasteiger partial charge in [0.2, 0.25) is 0 Å². The van der Waals surface area contributed by atoms with Crippen molar-refractivity contribution in [2.75, 3.05) is 0 Å². The number of pyridine rings is 1. The van der Waals surface area contributed by atoms with E-state index in [9.17, 15) is 4.79 Å². The van der Waals surface area contributed by atoms with Crippen LogP contribution in [0.15, 0.2) is 41.4 Å². The SMILES string of the molecule is Cc1cc(C)cc(CSc2ccnc(C(=O)O)c2)c1. The fourth-order valence-electron chi connectivity index (χ4n) is 1.94. The molecule has 0 saturated carbocycles. The molecule has 0 bridgehead atoms. The fourth-order valence-corrected chi connectivity index (χ4v) is 2.79. The first kappa shape index (κ1) is 13.6. The molecule has 1 aromatic heterocycles. The number of aromatic carboxylic acids is 1. The number of hydrogen-bond acceptors (Lipinski definition) is 3. The average molecular weight is 273 g/mol. The van der Waals surface area contributed by atoms with Gasteiger partial charge in [-0.05, 0) is 31.5 Å². The third-order valence-corrected chi connectivity index (χ3v) is 3.70. The first-order chi connectivity index (χ1) is 9.04. The Morgan fingerprint density at radius 1 is 1.21 bits per heavy atom. The van der Waals surface area contributed by atoms with E-state index < -0.39 is 5.97 Å². The minimum absolute atomic E-state index is 0.0884. The summed E-state index contributed by atoms with van der Waals surface area (Å²) in [7, 11) is 0. The van der Waals surface area contributed by atoms with Crippen LogP contribution >= 0.6 is 11.8 Å². The van der Waals surface area contributed by atoms with Crippen molar-refractivity contribution in [1.82, 2.24) is 4.98 Å². The summed E-state index contributed by atoms with van der Waals surface area (Å²) in [5.41, 5.74) is 3.83. The van der Waals surface area contributed by atoms with Gasteiger partial charge in [-0.3, -0.25) is 0 Å². The summed E-state index contributed by atoms with van der Waals surface area (Å²) < 4.78 is 0. The quantitative estimate of drug-likeness (QED) is 0.863. The van der Waals surface area contributed by atoms with Crippen molar-refractivity contribution in [3.05, 3.63) is 58.9 Å². The zero-order chi connectivity index (χ0) is 13.8. The predicted molar refractivity (Wildman–Crippen MR) is 76.7 cm³/mol. The van der Waals surface area contributed by atoms with Gasteiger partial charge in [-0.15, -0.1) is 11.8 Å². The number of carboxylic acid groups (broad SMARTS) is 1. The smallest absolute Gasteiger partial charge is 0.354 e. The van der Waals surface area contributed by atoms with Gasteiger partial charge >= 0.3 is 5.97 Å². The molecule has 98 valence electrons. The van der Waals surface area contributed by atoms with E-state index in [1.165, 1.54) is 22.9 Å². The molecular weight excluding hydrogens is 258 g/mol. The number of thioether (sulfide) groups is 1. The second kappa shape index (κ2) is 5.89. The molecule has 1 aromatic carbocycles. The molecule has 0 amide bonds. The summed E-state index contributed by atoms with van der Waals surface area (Å²) in [5, 5.41) is 8.90. The van der Waals surface area contributed by atoms with Crippen molar-refractivity contribution in [2.24, 2.45) is 0 Å². The molecule has 4 heteroatoms. The van der Waals surface area contributed by atoms with Gasteiger partial charge in [-0.1, -0.05) is 29.3 Å². The number of benzene rings is 1. The van der Waals surface area contributed by atoms with E-state index in [0.29, 0.717) is 0 Å². The van der Waals surface area contributed by atoms with E-state index >= 15 is 0 Å². The number of aromatic nitrogens is 1. The highest BCUT2D eigenvalue weighted by Gasteiger charge is 2.05. The second-order valence-corrected chi connectivity index (χ2v) is 5.52. The van der Waals surface area contributed by atoms with Gasteiger partial charge < -0.3 is 5.11 Å². The van der Waals surface area contributed by atoms with Crippen LogP contribution in [0.1, 0.15) is 27.2 Å². The normalized spacial score (nSPS) is 10.4. The zero-order valence-electron chi connectivity index (χ0n) is 10.9. The van der Waals surface area contributed by atoms with E-state index in [4.69, 9.17) is 5.11 Å². The first-order valence-electron chi connectivity index (χ1n) is 5.94. The molecule has 0 spiro atoms. The highest BCUT2D eigenvalue weighted by molar-refractivity contribution is 7.98. The molecule has 0 aliphatic heterocycles. The Balaban J connectivity index is 2.10. The molecule has 1 N–H and O–H groups in total. The molecule has 0 aliphatic carbocycles. The Kier molecular flexibility index (Phi) is 4.22. The van der Waals surface area contributed by atoms with Crippen molar-refractivity contribution >= 4 is 17.7 Å². The number of hydrogen-bond donors (Lipinski definition) is 1. The van der Waals surface area contributed by atoms with E-state index in [1.54, 1.807) is 17.8 Å². The molecule has 2 aromatic rings. The second-order valence-electron chi connectivity index (χ2n) is 4.47. The van der Waals surface area contributed by atoms with Crippen molar-refractivity contribution in [3.8, 4) is 0 Å². The predicted octanol–water partition coefficient (Wildman–Crippen LogP) is 3.69. The van der Waals surface area contributed by atoms with Crippen LogP contribution in [-0.2, 0) is 5.75 Å². The molecule has 0 aliphatic rings. The van der Waals surface area contributed by atoms with Crippen molar-refractivity contribution in [2.45, 2.75) is 24.5 Å². The molecule has 1 heterocycles. The van der Waals surface area contributed by atoms with Crippen LogP contribution in [0.25, 0.3) is 0 Å². The molecule has 0 unspecified atom stereocenters. The Hall–Kier alpha value is -1.81. The van der Waals surface area contributed by atoms with Gasteiger partial charge in [-0.2, -0.15) is 0 Å². The van der Waals surface area contributed by atoms with Gasteiger partial charge in [0.1, 0.15) is 5.69 Å². The monoisotopic (exact) mass is 273 g/mol. The van der Waals surface area contributed by atoms with E-state index in [-0.39, 0.29) is 5.69 Å². The Labute approximate surface area is 116 Å². The summed E-state index contributed by atoms with van der Waals surface area (Å²) in [6.07, 6.45) is 1.54. The maximum atomic E-state index is 10.8. The molecule has 19 heavy (non-hydrogen) atoms. The Morgan fingerprint density at radius 3 is 2.53 bits per heavy atom. The van der Waals surface area contributed by atoms with E-state index in [1.807, 2.05) is 6.07 Å². The number of nitrogens with zero attached hydrogens (tertiary/aromatic N) is 1. The fraction of sp³-hybridized carbons (Fsp3) is 0.200. The van der Waals surface area contributed by atoms with Gasteiger partial charge in [0.15, 0.2) is 0 Å². The van der Waals surface area contributed by atoms with Gasteiger partial charge in [0.05, 0.1) is 0 Å². The van der Waals surface area contributed by atoms with Gasteiger partial charge in [0, 0.05) is 16.8 Å². The first-order valence-corrected chi connectivity index (χ1v) is 6.92. The average Bonchev–Trinajstić information content (AvgIpc) is 2.35. The molecule has 2 rings (SSSR count). The van der Waals surface area contributed by atoms with Crippen LogP contribution in [0.3, 0.4) is 0 Å². The molecule has 0 atom stereocenters. The number of carbonyl (C=O) groups is 1. The minimum atomic E-state index is -0.992. The third-order valence-electron chi connectivity index (χ3n) is 2.64. The summed E-state index contributed by atoms with van der Waals surface area (Å²) >= 11 is 1.62. The van der Waals surface area contributed by atoms with Crippen LogP contribution in [0.2, 0.25) is 0 Å². The maximum absolute atomic E-state index is 10.8. The summed E-state index contributed by atoms with van der Waals surface area (Å²) in [6, 6.07) is 9.89. The van der Waals surface area contributed by atoms with Crippen molar-refractivity contribution in [1.29, 1.82) is 0 Å². The molecule has 0 radical (unpaired) electrons. The number of carboxylic acids is 1. The lowest BCUT2D eigenvalue weighted by Gasteiger charge is -2.05. The molecule has 0 fully saturated rings. The standard InChI is InChI=1S/C15H15NO2S/c1-10-5-11(2)7-12(6-10)9-19-13-3-4-16-14(8-13)15(17)18/h3-8H,9H2,1-2H3,(H,17,18). The van der Waals surface area contributed by atoms with E-state index in [2.05, 4.69) is 37.0 Å². The highest BCUT2D eigenvalue weighted by Crippen LogP contribution is 2.24. The zero-order valence-corrected chi connectivity index (χ0v) is 11.7. The molecular formula is C15H15NO2S. The van der Waals surface area contributed by atoms with Crippen LogP contribution < -0.4 is 0 Å². The van der Waals surface area contributed by atoms with Crippen molar-refractivity contribution in [3.63, 3.8) is 0 Å². The molecule has 3 nitrogen and oxygen atoms in total. The number of rotatable bonds is 4. The minimum Gasteiger partial charge on any atom is -0.477 e. The lowest BCUT2D eigenvalue weighted by Crippen LogP contribution is -1.99. The van der Waals surface area contributed by atoms with Crippen LogP contribution in [0.4, 0.5) is 0 Å². The summed E-state index contributed by atoms with van der Waals surface area (Å²) in [4.78, 5) is 15.6. The third kappa shape index (κ3) is 3.83. The lowest BCUT2D eigenvalue weighted by molar-refractivity contribution is 0.0690. The van der Waals surface area contributed by atoms with Crippen molar-refractivity contribution < 1.29 is 9.90 Å². The number of aryl methyl sites for hydroxylation is 2. The van der Waals surface area contributed by atoms with Crippen LogP contribution in [0.5, 0.6) is 0 Å². The summed E-state index contributed by atoms with van der Waals surface area (Å²) in [5.74, 6) is -0.167. The van der Waals surface area contributed by atoms with Crippen LogP contribution in [-0.4, -0.2) is 16.1 Å². The topological polar surface area (TPSA) is 50.2 Å². The van der Waals surface area contributed by atoms with Gasteiger partial charge in [0.25, 0.3) is 0 Å². The largest absolute Gasteiger partial charge is 0.477 e. The maximum Gasteiger partial charge on any atom is 0.354 e. The van der Waals surface area contributed by atoms with E-state index in [0.717, 1.165) is 10.6 Å². The Bertz CT molecular complexity index is 591.